The maximum absolute atomic E-state index is 6.12. The van der Waals surface area contributed by atoms with Crippen molar-refractivity contribution in [3.8, 4) is 5.75 Å². The van der Waals surface area contributed by atoms with Crippen LogP contribution in [0.15, 0.2) is 18.2 Å². The summed E-state index contributed by atoms with van der Waals surface area (Å²) in [6.45, 7) is 5.11. The van der Waals surface area contributed by atoms with Crippen molar-refractivity contribution < 1.29 is 4.74 Å². The molecule has 0 bridgehead atoms. The highest BCUT2D eigenvalue weighted by Gasteiger charge is 2.20. The van der Waals surface area contributed by atoms with E-state index in [9.17, 15) is 0 Å². The summed E-state index contributed by atoms with van der Waals surface area (Å²) in [4.78, 5) is 4.73. The number of halogens is 1. The second-order valence-corrected chi connectivity index (χ2v) is 6.48. The standard InChI is InChI=1S/C17H23ClN2O/c1-12(2)21-15-9-5-8-14-17(15)19-16(10-18)20(14)11-13-6-3-4-7-13/h5,8-9,12-13H,3-4,6-7,10-11H2,1-2H3. The summed E-state index contributed by atoms with van der Waals surface area (Å²) in [6, 6.07) is 6.17. The number of alkyl halides is 1. The van der Waals surface area contributed by atoms with Gasteiger partial charge in [-0.25, -0.2) is 4.98 Å². The molecule has 114 valence electrons. The molecule has 1 heterocycles. The summed E-state index contributed by atoms with van der Waals surface area (Å²) in [6.07, 6.45) is 5.51. The fraction of sp³-hybridized carbons (Fsp3) is 0.588. The summed E-state index contributed by atoms with van der Waals surface area (Å²) in [5, 5.41) is 0. The molecule has 2 aromatic rings. The highest BCUT2D eigenvalue weighted by Crippen LogP contribution is 2.31. The van der Waals surface area contributed by atoms with Crippen LogP contribution in [0.3, 0.4) is 0 Å². The summed E-state index contributed by atoms with van der Waals surface area (Å²) >= 11 is 6.12. The van der Waals surface area contributed by atoms with Gasteiger partial charge in [0.25, 0.3) is 0 Å². The molecular formula is C17H23ClN2O. The molecule has 3 nitrogen and oxygen atoms in total. The minimum absolute atomic E-state index is 0.148. The number of aromatic nitrogens is 2. The van der Waals surface area contributed by atoms with E-state index < -0.39 is 0 Å². The lowest BCUT2D eigenvalue weighted by molar-refractivity contribution is 0.245. The number of ether oxygens (including phenoxy) is 1. The van der Waals surface area contributed by atoms with E-state index in [1.165, 1.54) is 25.7 Å². The second-order valence-electron chi connectivity index (χ2n) is 6.21. The van der Waals surface area contributed by atoms with Gasteiger partial charge in [-0.1, -0.05) is 18.9 Å². The Hall–Kier alpha value is -1.22. The van der Waals surface area contributed by atoms with Crippen LogP contribution >= 0.6 is 11.6 Å². The molecule has 0 atom stereocenters. The van der Waals surface area contributed by atoms with Crippen molar-refractivity contribution in [2.45, 2.75) is 58.1 Å². The third-order valence-electron chi connectivity index (χ3n) is 4.22. The molecule has 21 heavy (non-hydrogen) atoms. The lowest BCUT2D eigenvalue weighted by Crippen LogP contribution is -2.10. The third kappa shape index (κ3) is 3.03. The number of rotatable bonds is 5. The van der Waals surface area contributed by atoms with E-state index >= 15 is 0 Å². The lowest BCUT2D eigenvalue weighted by Gasteiger charge is -2.14. The van der Waals surface area contributed by atoms with E-state index in [0.29, 0.717) is 5.88 Å². The van der Waals surface area contributed by atoms with Gasteiger partial charge in [-0.3, -0.25) is 0 Å². The molecular weight excluding hydrogens is 284 g/mol. The number of hydrogen-bond donors (Lipinski definition) is 0. The molecule has 0 radical (unpaired) electrons. The van der Waals surface area contributed by atoms with E-state index in [1.807, 2.05) is 26.0 Å². The Balaban J connectivity index is 2.01. The first-order valence-electron chi connectivity index (χ1n) is 7.89. The van der Waals surface area contributed by atoms with Crippen LogP contribution in [0.5, 0.6) is 5.75 Å². The molecule has 0 N–H and O–H groups in total. The summed E-state index contributed by atoms with van der Waals surface area (Å²) in [7, 11) is 0. The van der Waals surface area contributed by atoms with Gasteiger partial charge in [0.15, 0.2) is 0 Å². The molecule has 0 unspecified atom stereocenters. The van der Waals surface area contributed by atoms with Gasteiger partial charge in [0.2, 0.25) is 0 Å². The normalized spacial score (nSPS) is 16.2. The summed E-state index contributed by atoms with van der Waals surface area (Å²) in [5.41, 5.74) is 2.09. The molecule has 0 saturated heterocycles. The van der Waals surface area contributed by atoms with E-state index in [0.717, 1.165) is 35.1 Å². The van der Waals surface area contributed by atoms with Gasteiger partial charge in [-0.05, 0) is 44.7 Å². The molecule has 0 amide bonds. The molecule has 0 spiro atoms. The zero-order chi connectivity index (χ0) is 14.8. The minimum Gasteiger partial charge on any atom is -0.489 e. The van der Waals surface area contributed by atoms with Crippen molar-refractivity contribution in [2.24, 2.45) is 5.92 Å². The molecule has 1 aliphatic carbocycles. The smallest absolute Gasteiger partial charge is 0.147 e. The molecule has 1 aromatic carbocycles. The highest BCUT2D eigenvalue weighted by molar-refractivity contribution is 6.16. The number of para-hydroxylation sites is 1. The lowest BCUT2D eigenvalue weighted by atomic mass is 10.1. The monoisotopic (exact) mass is 306 g/mol. The van der Waals surface area contributed by atoms with Gasteiger partial charge in [0.1, 0.15) is 17.1 Å². The van der Waals surface area contributed by atoms with E-state index in [4.69, 9.17) is 21.3 Å². The Kier molecular flexibility index (Phi) is 4.39. The van der Waals surface area contributed by atoms with Crippen LogP contribution in [0, 0.1) is 5.92 Å². The maximum atomic E-state index is 6.12. The molecule has 1 aliphatic rings. The third-order valence-corrected chi connectivity index (χ3v) is 4.46. The van der Waals surface area contributed by atoms with Gasteiger partial charge >= 0.3 is 0 Å². The summed E-state index contributed by atoms with van der Waals surface area (Å²) in [5.74, 6) is 3.03. The molecule has 1 saturated carbocycles. The predicted octanol–water partition coefficient (Wildman–Crippen LogP) is 4.75. The Labute approximate surface area is 131 Å². The topological polar surface area (TPSA) is 27.1 Å². The van der Waals surface area contributed by atoms with Crippen molar-refractivity contribution in [1.29, 1.82) is 0 Å². The quantitative estimate of drug-likeness (QED) is 0.745. The zero-order valence-electron chi connectivity index (χ0n) is 12.8. The number of benzene rings is 1. The van der Waals surface area contributed by atoms with Crippen LogP contribution < -0.4 is 4.74 Å². The first-order chi connectivity index (χ1) is 10.2. The van der Waals surface area contributed by atoms with Crippen molar-refractivity contribution in [1.82, 2.24) is 9.55 Å². The Morgan fingerprint density at radius 3 is 2.76 bits per heavy atom. The van der Waals surface area contributed by atoms with Gasteiger partial charge in [0, 0.05) is 6.54 Å². The van der Waals surface area contributed by atoms with Crippen LogP contribution in [-0.2, 0) is 12.4 Å². The van der Waals surface area contributed by atoms with Gasteiger partial charge in [-0.15, -0.1) is 11.6 Å². The minimum atomic E-state index is 0.148. The van der Waals surface area contributed by atoms with Crippen molar-refractivity contribution >= 4 is 22.6 Å². The maximum Gasteiger partial charge on any atom is 0.147 e. The van der Waals surface area contributed by atoms with E-state index in [-0.39, 0.29) is 6.10 Å². The van der Waals surface area contributed by atoms with Gasteiger partial charge < -0.3 is 9.30 Å². The van der Waals surface area contributed by atoms with Crippen molar-refractivity contribution in [2.75, 3.05) is 0 Å². The Bertz CT molecular complexity index is 615. The van der Waals surface area contributed by atoms with E-state index in [1.54, 1.807) is 0 Å². The van der Waals surface area contributed by atoms with Crippen LogP contribution in [0.4, 0.5) is 0 Å². The SMILES string of the molecule is CC(C)Oc1cccc2c1nc(CCl)n2CC1CCCC1. The molecule has 3 rings (SSSR count). The highest BCUT2D eigenvalue weighted by atomic mass is 35.5. The van der Waals surface area contributed by atoms with Crippen LogP contribution in [0.25, 0.3) is 11.0 Å². The number of hydrogen-bond acceptors (Lipinski definition) is 2. The zero-order valence-corrected chi connectivity index (χ0v) is 13.6. The average molecular weight is 307 g/mol. The fourth-order valence-electron chi connectivity index (χ4n) is 3.28. The first-order valence-corrected chi connectivity index (χ1v) is 8.43. The van der Waals surface area contributed by atoms with E-state index in [2.05, 4.69) is 10.6 Å². The fourth-order valence-corrected chi connectivity index (χ4v) is 3.48. The molecule has 1 aromatic heterocycles. The van der Waals surface area contributed by atoms with Crippen molar-refractivity contribution in [3.05, 3.63) is 24.0 Å². The largest absolute Gasteiger partial charge is 0.489 e. The van der Waals surface area contributed by atoms with Crippen LogP contribution in [0.1, 0.15) is 45.4 Å². The van der Waals surface area contributed by atoms with Crippen LogP contribution in [-0.4, -0.2) is 15.7 Å². The van der Waals surface area contributed by atoms with Crippen molar-refractivity contribution in [3.63, 3.8) is 0 Å². The molecule has 1 fully saturated rings. The second kappa shape index (κ2) is 6.27. The Morgan fingerprint density at radius 1 is 1.33 bits per heavy atom. The van der Waals surface area contributed by atoms with Gasteiger partial charge in [0.05, 0.1) is 17.5 Å². The average Bonchev–Trinajstić information content (AvgIpc) is 3.07. The summed E-state index contributed by atoms with van der Waals surface area (Å²) < 4.78 is 8.19. The Morgan fingerprint density at radius 2 is 2.10 bits per heavy atom. The van der Waals surface area contributed by atoms with Crippen LogP contribution in [0.2, 0.25) is 0 Å². The molecule has 0 aliphatic heterocycles. The number of imidazole rings is 1. The number of nitrogens with zero attached hydrogens (tertiary/aromatic N) is 2. The number of fused-ring (bicyclic) bond motifs is 1. The predicted molar refractivity (Wildman–Crippen MR) is 87.0 cm³/mol. The molecule has 4 heteroatoms. The first kappa shape index (κ1) is 14.7. The van der Waals surface area contributed by atoms with Gasteiger partial charge in [-0.2, -0.15) is 0 Å².